The smallest absolute Gasteiger partial charge is 0.371 e. The van der Waals surface area contributed by atoms with E-state index in [9.17, 15) is 4.79 Å². The van der Waals surface area contributed by atoms with E-state index in [2.05, 4.69) is 5.10 Å². The molecule has 0 radical (unpaired) electrons. The topological polar surface area (TPSA) is 68.3 Å². The third kappa shape index (κ3) is 1.71. The number of furan rings is 1. The second-order valence-electron chi connectivity index (χ2n) is 3.72. The van der Waals surface area contributed by atoms with E-state index in [1.165, 1.54) is 6.07 Å². The van der Waals surface area contributed by atoms with Crippen molar-refractivity contribution in [2.75, 3.05) is 0 Å². The SMILES string of the molecule is CC(C)n1nccc1-c1ccc(C(=O)O)o1. The zero-order valence-electron chi connectivity index (χ0n) is 9.04. The number of hydrogen-bond donors (Lipinski definition) is 1. The standard InChI is InChI=1S/C11H12N2O3/c1-7(2)13-8(5-6-12-13)9-3-4-10(16-9)11(14)15/h3-7H,1-2H3,(H,14,15). The van der Waals surface area contributed by atoms with Gasteiger partial charge in [-0.2, -0.15) is 5.10 Å². The highest BCUT2D eigenvalue weighted by Gasteiger charge is 2.14. The molecule has 2 heterocycles. The summed E-state index contributed by atoms with van der Waals surface area (Å²) >= 11 is 0. The molecule has 2 aromatic heterocycles. The summed E-state index contributed by atoms with van der Waals surface area (Å²) in [6, 6.07) is 5.07. The first-order valence-corrected chi connectivity index (χ1v) is 4.96. The highest BCUT2D eigenvalue weighted by atomic mass is 16.4. The molecular weight excluding hydrogens is 208 g/mol. The zero-order valence-corrected chi connectivity index (χ0v) is 9.04. The van der Waals surface area contributed by atoms with E-state index in [4.69, 9.17) is 9.52 Å². The van der Waals surface area contributed by atoms with Gasteiger partial charge in [0.05, 0.1) is 0 Å². The molecular formula is C11H12N2O3. The molecule has 1 N–H and O–H groups in total. The van der Waals surface area contributed by atoms with Gasteiger partial charge in [-0.1, -0.05) is 0 Å². The van der Waals surface area contributed by atoms with Gasteiger partial charge in [0, 0.05) is 12.2 Å². The number of aromatic carboxylic acids is 1. The summed E-state index contributed by atoms with van der Waals surface area (Å²) < 4.78 is 7.00. The maximum absolute atomic E-state index is 10.7. The highest BCUT2D eigenvalue weighted by Crippen LogP contribution is 2.24. The van der Waals surface area contributed by atoms with Crippen LogP contribution < -0.4 is 0 Å². The van der Waals surface area contributed by atoms with Gasteiger partial charge < -0.3 is 9.52 Å². The molecule has 0 aliphatic carbocycles. The molecule has 0 atom stereocenters. The normalized spacial score (nSPS) is 10.9. The Kier molecular flexibility index (Phi) is 2.52. The molecule has 0 aliphatic heterocycles. The molecule has 0 unspecified atom stereocenters. The quantitative estimate of drug-likeness (QED) is 0.862. The molecule has 0 spiro atoms. The van der Waals surface area contributed by atoms with Crippen LogP contribution in [0.1, 0.15) is 30.4 Å². The van der Waals surface area contributed by atoms with Crippen molar-refractivity contribution in [3.63, 3.8) is 0 Å². The molecule has 0 saturated carbocycles. The van der Waals surface area contributed by atoms with Gasteiger partial charge in [0.1, 0.15) is 5.69 Å². The van der Waals surface area contributed by atoms with Crippen molar-refractivity contribution in [2.45, 2.75) is 19.9 Å². The number of rotatable bonds is 3. The lowest BCUT2D eigenvalue weighted by Crippen LogP contribution is -2.04. The van der Waals surface area contributed by atoms with E-state index in [0.29, 0.717) is 5.76 Å². The maximum Gasteiger partial charge on any atom is 0.371 e. The predicted molar refractivity (Wildman–Crippen MR) is 57.3 cm³/mol. The molecule has 5 heteroatoms. The van der Waals surface area contributed by atoms with Gasteiger partial charge in [0.15, 0.2) is 5.76 Å². The molecule has 0 aromatic carbocycles. The minimum atomic E-state index is -1.07. The van der Waals surface area contributed by atoms with Crippen molar-refractivity contribution >= 4 is 5.97 Å². The Morgan fingerprint density at radius 2 is 2.19 bits per heavy atom. The van der Waals surface area contributed by atoms with Crippen LogP contribution in [0.25, 0.3) is 11.5 Å². The zero-order chi connectivity index (χ0) is 11.7. The lowest BCUT2D eigenvalue weighted by molar-refractivity contribution is 0.0663. The fourth-order valence-electron chi connectivity index (χ4n) is 1.51. The van der Waals surface area contributed by atoms with Crippen molar-refractivity contribution in [1.82, 2.24) is 9.78 Å². The van der Waals surface area contributed by atoms with E-state index in [1.54, 1.807) is 23.0 Å². The van der Waals surface area contributed by atoms with Crippen LogP contribution in [0.3, 0.4) is 0 Å². The third-order valence-electron chi connectivity index (χ3n) is 2.23. The van der Waals surface area contributed by atoms with E-state index < -0.39 is 5.97 Å². The number of carboxylic acid groups (broad SMARTS) is 1. The number of nitrogens with zero attached hydrogens (tertiary/aromatic N) is 2. The Hall–Kier alpha value is -2.04. The summed E-state index contributed by atoms with van der Waals surface area (Å²) in [6.07, 6.45) is 1.66. The summed E-state index contributed by atoms with van der Waals surface area (Å²) in [5.41, 5.74) is 0.780. The highest BCUT2D eigenvalue weighted by molar-refractivity contribution is 5.85. The number of carboxylic acids is 1. The Bertz CT molecular complexity index is 511. The van der Waals surface area contributed by atoms with E-state index in [-0.39, 0.29) is 11.8 Å². The number of aromatic nitrogens is 2. The van der Waals surface area contributed by atoms with Gasteiger partial charge >= 0.3 is 5.97 Å². The van der Waals surface area contributed by atoms with Crippen molar-refractivity contribution in [2.24, 2.45) is 0 Å². The molecule has 16 heavy (non-hydrogen) atoms. The van der Waals surface area contributed by atoms with Gasteiger partial charge in [-0.15, -0.1) is 0 Å². The largest absolute Gasteiger partial charge is 0.475 e. The number of hydrogen-bond acceptors (Lipinski definition) is 3. The first kappa shape index (κ1) is 10.5. The molecule has 2 rings (SSSR count). The van der Waals surface area contributed by atoms with Crippen LogP contribution in [0.15, 0.2) is 28.8 Å². The van der Waals surface area contributed by atoms with Crippen molar-refractivity contribution in [3.05, 3.63) is 30.2 Å². The lowest BCUT2D eigenvalue weighted by atomic mass is 10.3. The maximum atomic E-state index is 10.7. The minimum absolute atomic E-state index is 0.0634. The molecule has 0 aliphatic rings. The van der Waals surface area contributed by atoms with Gasteiger partial charge in [-0.3, -0.25) is 4.68 Å². The second-order valence-corrected chi connectivity index (χ2v) is 3.72. The van der Waals surface area contributed by atoms with Crippen molar-refractivity contribution in [1.29, 1.82) is 0 Å². The van der Waals surface area contributed by atoms with Gasteiger partial charge in [0.2, 0.25) is 5.76 Å². The van der Waals surface area contributed by atoms with Crippen LogP contribution in [0, 0.1) is 0 Å². The fourth-order valence-corrected chi connectivity index (χ4v) is 1.51. The first-order chi connectivity index (χ1) is 7.59. The lowest BCUT2D eigenvalue weighted by Gasteiger charge is -2.08. The molecule has 5 nitrogen and oxygen atoms in total. The summed E-state index contributed by atoms with van der Waals surface area (Å²) in [5.74, 6) is -0.614. The van der Waals surface area contributed by atoms with E-state index in [0.717, 1.165) is 5.69 Å². The van der Waals surface area contributed by atoms with Crippen LogP contribution in [-0.2, 0) is 0 Å². The molecule has 0 fully saturated rings. The van der Waals surface area contributed by atoms with Crippen LogP contribution >= 0.6 is 0 Å². The Morgan fingerprint density at radius 1 is 1.44 bits per heavy atom. The van der Waals surface area contributed by atoms with Crippen molar-refractivity contribution < 1.29 is 14.3 Å². The molecule has 0 saturated heterocycles. The van der Waals surface area contributed by atoms with Crippen LogP contribution in [-0.4, -0.2) is 20.9 Å². The van der Waals surface area contributed by atoms with Crippen molar-refractivity contribution in [3.8, 4) is 11.5 Å². The summed E-state index contributed by atoms with van der Waals surface area (Å²) in [4.78, 5) is 10.7. The van der Waals surface area contributed by atoms with Gasteiger partial charge in [-0.25, -0.2) is 4.79 Å². The second kappa shape index (κ2) is 3.84. The average molecular weight is 220 g/mol. The average Bonchev–Trinajstić information content (AvgIpc) is 2.86. The van der Waals surface area contributed by atoms with E-state index >= 15 is 0 Å². The Morgan fingerprint density at radius 3 is 2.75 bits per heavy atom. The first-order valence-electron chi connectivity index (χ1n) is 4.96. The Balaban J connectivity index is 2.42. The predicted octanol–water partition coefficient (Wildman–Crippen LogP) is 2.42. The fraction of sp³-hybridized carbons (Fsp3) is 0.273. The molecule has 84 valence electrons. The van der Waals surface area contributed by atoms with Gasteiger partial charge in [0.25, 0.3) is 0 Å². The summed E-state index contributed by atoms with van der Waals surface area (Å²) in [6.45, 7) is 4.00. The summed E-state index contributed by atoms with van der Waals surface area (Å²) in [5, 5.41) is 12.9. The molecule has 0 bridgehead atoms. The van der Waals surface area contributed by atoms with E-state index in [1.807, 2.05) is 13.8 Å². The molecule has 2 aromatic rings. The monoisotopic (exact) mass is 220 g/mol. The van der Waals surface area contributed by atoms with Gasteiger partial charge in [-0.05, 0) is 32.0 Å². The summed E-state index contributed by atoms with van der Waals surface area (Å²) in [7, 11) is 0. The number of carbonyl (C=O) groups is 1. The van der Waals surface area contributed by atoms with Crippen LogP contribution in [0.5, 0.6) is 0 Å². The Labute approximate surface area is 92.3 Å². The molecule has 0 amide bonds. The van der Waals surface area contributed by atoms with Crippen LogP contribution in [0.2, 0.25) is 0 Å². The third-order valence-corrected chi connectivity index (χ3v) is 2.23. The van der Waals surface area contributed by atoms with Crippen LogP contribution in [0.4, 0.5) is 0 Å². The minimum Gasteiger partial charge on any atom is -0.475 e.